The van der Waals surface area contributed by atoms with E-state index in [4.69, 9.17) is 10.8 Å². The van der Waals surface area contributed by atoms with E-state index in [1.165, 1.54) is 0 Å². The van der Waals surface area contributed by atoms with Crippen LogP contribution in [0, 0.1) is 0 Å². The molecule has 1 aromatic carbocycles. The minimum atomic E-state index is -0.928. The van der Waals surface area contributed by atoms with Crippen molar-refractivity contribution < 1.29 is 14.7 Å². The predicted molar refractivity (Wildman–Crippen MR) is 81.7 cm³/mol. The van der Waals surface area contributed by atoms with Crippen LogP contribution in [0.25, 0.3) is 0 Å². The maximum atomic E-state index is 11.7. The van der Waals surface area contributed by atoms with E-state index in [2.05, 4.69) is 10.3 Å². The molecule has 2 rings (SSSR count). The Hall–Kier alpha value is -2.28. The summed E-state index contributed by atoms with van der Waals surface area (Å²) in [5, 5.41) is 12.1. The van der Waals surface area contributed by atoms with E-state index in [-0.39, 0.29) is 5.75 Å². The van der Waals surface area contributed by atoms with E-state index in [0.717, 1.165) is 17.3 Å². The zero-order chi connectivity index (χ0) is 15.4. The maximum absolute atomic E-state index is 11.7. The third-order valence-corrected chi connectivity index (χ3v) is 3.80. The first kappa shape index (κ1) is 15.1. The molecular weight excluding hydrogens is 290 g/mol. The van der Waals surface area contributed by atoms with Crippen molar-refractivity contribution in [2.24, 2.45) is 10.7 Å². The van der Waals surface area contributed by atoms with E-state index in [1.807, 2.05) is 30.3 Å². The van der Waals surface area contributed by atoms with E-state index >= 15 is 0 Å². The topological polar surface area (TPSA) is 105 Å². The zero-order valence-electron chi connectivity index (χ0n) is 11.4. The van der Waals surface area contributed by atoms with E-state index in [9.17, 15) is 9.59 Å². The van der Waals surface area contributed by atoms with Crippen LogP contribution in [-0.2, 0) is 9.59 Å². The summed E-state index contributed by atoms with van der Waals surface area (Å²) in [6.07, 6.45) is 0. The van der Waals surface area contributed by atoms with Gasteiger partial charge in [-0.1, -0.05) is 42.1 Å². The summed E-state index contributed by atoms with van der Waals surface area (Å²) < 4.78 is 0. The van der Waals surface area contributed by atoms with Gasteiger partial charge in [0.15, 0.2) is 5.17 Å². The number of carboxylic acids is 1. The lowest BCUT2D eigenvalue weighted by Crippen LogP contribution is -2.32. The molecule has 1 aliphatic heterocycles. The molecule has 21 heavy (non-hydrogen) atoms. The van der Waals surface area contributed by atoms with Crippen molar-refractivity contribution >= 4 is 28.8 Å². The van der Waals surface area contributed by atoms with Gasteiger partial charge in [0, 0.05) is 5.70 Å². The quantitative estimate of drug-likeness (QED) is 0.777. The molecule has 0 saturated heterocycles. The molecule has 0 fully saturated rings. The lowest BCUT2D eigenvalue weighted by Gasteiger charge is -2.25. The molecule has 0 aliphatic carbocycles. The van der Waals surface area contributed by atoms with Gasteiger partial charge in [-0.25, -0.2) is 4.99 Å². The summed E-state index contributed by atoms with van der Waals surface area (Å²) in [6, 6.07) is 8.77. The molecule has 4 N–H and O–H groups in total. The number of primary amides is 1. The molecule has 1 amide bonds. The molecular formula is C14H15N3O3S. The Kier molecular flexibility index (Phi) is 4.64. The molecule has 1 atom stereocenters. The number of allylic oxidation sites excluding steroid dienone is 1. The van der Waals surface area contributed by atoms with Gasteiger partial charge in [-0.3, -0.25) is 9.59 Å². The zero-order valence-corrected chi connectivity index (χ0v) is 12.2. The number of thioether (sulfide) groups is 1. The number of nitrogens with one attached hydrogen (secondary N) is 1. The second-order valence-electron chi connectivity index (χ2n) is 4.46. The Morgan fingerprint density at radius 1 is 1.38 bits per heavy atom. The molecule has 6 nitrogen and oxygen atoms in total. The summed E-state index contributed by atoms with van der Waals surface area (Å²) >= 11 is 1.07. The first-order valence-electron chi connectivity index (χ1n) is 6.24. The Morgan fingerprint density at radius 3 is 2.62 bits per heavy atom. The second kappa shape index (κ2) is 6.45. The maximum Gasteiger partial charge on any atom is 0.313 e. The molecule has 1 heterocycles. The van der Waals surface area contributed by atoms with Crippen LogP contribution < -0.4 is 11.1 Å². The summed E-state index contributed by atoms with van der Waals surface area (Å²) in [7, 11) is 0. The fourth-order valence-electron chi connectivity index (χ4n) is 2.05. The Labute approximate surface area is 126 Å². The SMILES string of the molecule is CC1=C(C(N)=O)[C@@H](c2ccccc2)N=C(SCC(=O)O)N1. The number of aliphatic carboxylic acids is 1. The molecule has 0 radical (unpaired) electrons. The lowest BCUT2D eigenvalue weighted by molar-refractivity contribution is -0.133. The van der Waals surface area contributed by atoms with Gasteiger partial charge in [-0.15, -0.1) is 0 Å². The molecule has 0 unspecified atom stereocenters. The molecule has 0 aromatic heterocycles. The number of rotatable bonds is 4. The van der Waals surface area contributed by atoms with Crippen LogP contribution in [0.5, 0.6) is 0 Å². The number of hydrogen-bond acceptors (Lipinski definition) is 5. The highest BCUT2D eigenvalue weighted by Gasteiger charge is 2.27. The van der Waals surface area contributed by atoms with E-state index in [1.54, 1.807) is 6.92 Å². The third-order valence-electron chi connectivity index (χ3n) is 2.93. The average molecular weight is 305 g/mol. The molecule has 0 bridgehead atoms. The Balaban J connectivity index is 2.35. The summed E-state index contributed by atoms with van der Waals surface area (Å²) in [4.78, 5) is 26.8. The standard InChI is InChI=1S/C14H15N3O3S/c1-8-11(13(15)20)12(9-5-3-2-4-6-9)17-14(16-8)21-7-10(18)19/h2-6,12H,7H2,1H3,(H2,15,20)(H,16,17)(H,18,19)/t12-/m1/s1. The normalized spacial score (nSPS) is 18.0. The summed E-state index contributed by atoms with van der Waals surface area (Å²) in [6.45, 7) is 1.73. The van der Waals surface area contributed by atoms with Gasteiger partial charge in [0.25, 0.3) is 0 Å². The van der Waals surface area contributed by atoms with Crippen molar-refractivity contribution in [1.82, 2.24) is 5.32 Å². The van der Waals surface area contributed by atoms with Crippen molar-refractivity contribution in [3.63, 3.8) is 0 Å². The van der Waals surface area contributed by atoms with Crippen molar-refractivity contribution in [3.05, 3.63) is 47.2 Å². The number of carbonyl (C=O) groups is 2. The van der Waals surface area contributed by atoms with Crippen LogP contribution in [-0.4, -0.2) is 27.9 Å². The van der Waals surface area contributed by atoms with Crippen LogP contribution >= 0.6 is 11.8 Å². The van der Waals surface area contributed by atoms with Crippen LogP contribution in [0.4, 0.5) is 0 Å². The van der Waals surface area contributed by atoms with Crippen LogP contribution in [0.2, 0.25) is 0 Å². The highest BCUT2D eigenvalue weighted by atomic mass is 32.2. The molecule has 110 valence electrons. The Bertz CT molecular complexity index is 626. The first-order valence-corrected chi connectivity index (χ1v) is 7.22. The van der Waals surface area contributed by atoms with Crippen LogP contribution in [0.15, 0.2) is 46.6 Å². The third kappa shape index (κ3) is 3.63. The summed E-state index contributed by atoms with van der Waals surface area (Å²) in [5.74, 6) is -1.57. The van der Waals surface area contributed by atoms with Gasteiger partial charge in [0.05, 0.1) is 11.3 Å². The van der Waals surface area contributed by atoms with Gasteiger partial charge < -0.3 is 16.2 Å². The molecule has 0 saturated carbocycles. The van der Waals surface area contributed by atoms with Crippen LogP contribution in [0.1, 0.15) is 18.5 Å². The number of nitrogens with two attached hydrogens (primary N) is 1. The van der Waals surface area contributed by atoms with Crippen molar-refractivity contribution in [1.29, 1.82) is 0 Å². The minimum Gasteiger partial charge on any atom is -0.481 e. The van der Waals surface area contributed by atoms with Gasteiger partial charge in [-0.2, -0.15) is 0 Å². The summed E-state index contributed by atoms with van der Waals surface area (Å²) in [5.41, 5.74) is 7.27. The highest BCUT2D eigenvalue weighted by molar-refractivity contribution is 8.14. The van der Waals surface area contributed by atoms with Gasteiger partial charge in [0.1, 0.15) is 6.04 Å². The fourth-order valence-corrected chi connectivity index (χ4v) is 2.71. The largest absolute Gasteiger partial charge is 0.481 e. The molecule has 7 heteroatoms. The highest BCUT2D eigenvalue weighted by Crippen LogP contribution is 2.31. The minimum absolute atomic E-state index is 0.105. The van der Waals surface area contributed by atoms with Gasteiger partial charge >= 0.3 is 5.97 Å². The van der Waals surface area contributed by atoms with E-state index < -0.39 is 17.9 Å². The predicted octanol–water partition coefficient (Wildman–Crippen LogP) is 1.26. The number of amides is 1. The number of carboxylic acid groups (broad SMARTS) is 1. The Morgan fingerprint density at radius 2 is 2.05 bits per heavy atom. The number of aliphatic imine (C=N–C) groups is 1. The van der Waals surface area contributed by atoms with Gasteiger partial charge in [0.2, 0.25) is 5.91 Å². The first-order chi connectivity index (χ1) is 9.99. The van der Waals surface area contributed by atoms with Crippen molar-refractivity contribution in [2.45, 2.75) is 13.0 Å². The van der Waals surface area contributed by atoms with Crippen LogP contribution in [0.3, 0.4) is 0 Å². The number of amidine groups is 1. The number of carbonyl (C=O) groups excluding carboxylic acids is 1. The number of hydrogen-bond donors (Lipinski definition) is 3. The van der Waals surface area contributed by atoms with Gasteiger partial charge in [-0.05, 0) is 12.5 Å². The second-order valence-corrected chi connectivity index (χ2v) is 5.42. The fraction of sp³-hybridized carbons (Fsp3) is 0.214. The van der Waals surface area contributed by atoms with Crippen molar-refractivity contribution in [3.8, 4) is 0 Å². The molecule has 1 aliphatic rings. The molecule has 0 spiro atoms. The number of benzene rings is 1. The lowest BCUT2D eigenvalue weighted by atomic mass is 9.96. The monoisotopic (exact) mass is 305 g/mol. The molecule has 1 aromatic rings. The van der Waals surface area contributed by atoms with E-state index in [0.29, 0.717) is 16.4 Å². The number of nitrogens with zero attached hydrogens (tertiary/aromatic N) is 1. The average Bonchev–Trinajstić information content (AvgIpc) is 2.45. The smallest absolute Gasteiger partial charge is 0.313 e. The van der Waals surface area contributed by atoms with Crippen molar-refractivity contribution in [2.75, 3.05) is 5.75 Å².